The van der Waals surface area contributed by atoms with E-state index in [4.69, 9.17) is 16.3 Å². The second kappa shape index (κ2) is 11.0. The van der Waals surface area contributed by atoms with E-state index < -0.39 is 11.2 Å². The van der Waals surface area contributed by atoms with Gasteiger partial charge in [-0.3, -0.25) is 9.20 Å². The molecule has 3 aromatic rings. The van der Waals surface area contributed by atoms with E-state index in [-0.39, 0.29) is 5.91 Å². The first kappa shape index (κ1) is 27.9. The van der Waals surface area contributed by atoms with Crippen LogP contribution >= 0.6 is 11.6 Å². The molecule has 0 atom stereocenters. The van der Waals surface area contributed by atoms with Crippen LogP contribution in [0.2, 0.25) is 0 Å². The Morgan fingerprint density at radius 3 is 2.74 bits per heavy atom. The summed E-state index contributed by atoms with van der Waals surface area (Å²) < 4.78 is 21.9. The van der Waals surface area contributed by atoms with Crippen LogP contribution in [0, 0.1) is 18.3 Å². The van der Waals surface area contributed by atoms with Crippen LogP contribution in [0.25, 0.3) is 16.9 Å². The van der Waals surface area contributed by atoms with Gasteiger partial charge in [-0.05, 0) is 63.8 Å². The number of fused-ring (bicyclic) bond motifs is 1. The van der Waals surface area contributed by atoms with E-state index in [9.17, 15) is 14.4 Å². The average Bonchev–Trinajstić information content (AvgIpc) is 3.51. The number of benzene rings is 1. The van der Waals surface area contributed by atoms with Crippen LogP contribution in [-0.4, -0.2) is 33.0 Å². The Labute approximate surface area is 232 Å². The maximum absolute atomic E-state index is 14.1. The number of pyridine rings is 1. The zero-order valence-corrected chi connectivity index (χ0v) is 23.0. The number of rotatable bonds is 11. The molecule has 1 aromatic carbocycles. The Kier molecular flexibility index (Phi) is 7.84. The highest BCUT2D eigenvalue weighted by atomic mass is 35.5. The molecule has 0 saturated heterocycles. The SMILES string of the molecule is C=CC(Cl)=CC(=C)Oc1cc(NCCC(C)(C)F)c2ncc(-c3ccc(C(=O)NC4(C#N)CC4)c(C)c3)n2c1. The standard InChI is InChI=1S/C30H31ClFN5O2/c1-6-22(31)14-20(3)39-23-15-25(34-12-11-29(4,5)32)27-35-16-26(37(27)17-23)21-7-8-24(19(2)13-21)28(38)36-30(18-33)9-10-30/h6-8,13-17,34H,1,3,9-12H2,2,4-5H3,(H,36,38). The Hall–Kier alpha value is -4.09. The van der Waals surface area contributed by atoms with Gasteiger partial charge in [0.25, 0.3) is 5.91 Å². The summed E-state index contributed by atoms with van der Waals surface area (Å²) in [4.78, 5) is 17.4. The molecule has 2 heterocycles. The van der Waals surface area contributed by atoms with E-state index in [1.165, 1.54) is 19.9 Å². The van der Waals surface area contributed by atoms with Crippen molar-refractivity contribution < 1.29 is 13.9 Å². The summed E-state index contributed by atoms with van der Waals surface area (Å²) in [7, 11) is 0. The molecule has 2 aromatic heterocycles. The molecule has 9 heteroatoms. The number of carbonyl (C=O) groups is 1. The number of hydrogen-bond acceptors (Lipinski definition) is 5. The molecule has 1 aliphatic rings. The van der Waals surface area contributed by atoms with Gasteiger partial charge in [-0.2, -0.15) is 5.26 Å². The minimum atomic E-state index is -1.32. The number of nitrogens with zero attached hydrogens (tertiary/aromatic N) is 3. The first-order chi connectivity index (χ1) is 18.4. The molecule has 0 aliphatic heterocycles. The number of anilines is 1. The quantitative estimate of drug-likeness (QED) is 0.202. The van der Waals surface area contributed by atoms with E-state index in [1.807, 2.05) is 23.5 Å². The predicted molar refractivity (Wildman–Crippen MR) is 153 cm³/mol. The summed E-state index contributed by atoms with van der Waals surface area (Å²) in [5, 5.41) is 15.8. The van der Waals surface area contributed by atoms with E-state index in [1.54, 1.807) is 30.6 Å². The fourth-order valence-electron chi connectivity index (χ4n) is 4.10. The molecule has 1 amide bonds. The summed E-state index contributed by atoms with van der Waals surface area (Å²) >= 11 is 6.04. The zero-order valence-electron chi connectivity index (χ0n) is 22.3. The van der Waals surface area contributed by atoms with Crippen molar-refractivity contribution in [2.45, 2.75) is 51.2 Å². The van der Waals surface area contributed by atoms with Crippen molar-refractivity contribution in [3.63, 3.8) is 0 Å². The number of ether oxygens (including phenoxy) is 1. The lowest BCUT2D eigenvalue weighted by Crippen LogP contribution is -2.35. The number of halogens is 2. The van der Waals surface area contributed by atoms with Gasteiger partial charge in [-0.1, -0.05) is 36.9 Å². The number of aryl methyl sites for hydroxylation is 1. The van der Waals surface area contributed by atoms with E-state index >= 15 is 0 Å². The van der Waals surface area contributed by atoms with Crippen LogP contribution in [0.1, 0.15) is 49.0 Å². The monoisotopic (exact) mass is 547 g/mol. The van der Waals surface area contributed by atoms with Crippen molar-refractivity contribution in [1.29, 1.82) is 5.26 Å². The van der Waals surface area contributed by atoms with Crippen molar-refractivity contribution in [2.24, 2.45) is 0 Å². The molecule has 0 spiro atoms. The maximum atomic E-state index is 14.1. The number of alkyl halides is 1. The molecule has 7 nitrogen and oxygen atoms in total. The molecule has 0 radical (unpaired) electrons. The second-order valence-corrected chi connectivity index (χ2v) is 10.7. The highest BCUT2D eigenvalue weighted by molar-refractivity contribution is 6.31. The number of hydrogen-bond donors (Lipinski definition) is 2. The smallest absolute Gasteiger partial charge is 0.252 e. The molecule has 202 valence electrons. The average molecular weight is 548 g/mol. The summed E-state index contributed by atoms with van der Waals surface area (Å²) in [6, 6.07) is 9.46. The summed E-state index contributed by atoms with van der Waals surface area (Å²) in [6.07, 6.45) is 8.18. The van der Waals surface area contributed by atoms with Crippen molar-refractivity contribution in [1.82, 2.24) is 14.7 Å². The Bertz CT molecular complexity index is 1520. The largest absolute Gasteiger partial charge is 0.456 e. The lowest BCUT2D eigenvalue weighted by Gasteiger charge is -2.16. The molecule has 4 rings (SSSR count). The third-order valence-electron chi connectivity index (χ3n) is 6.44. The van der Waals surface area contributed by atoms with Gasteiger partial charge < -0.3 is 15.4 Å². The highest BCUT2D eigenvalue weighted by Gasteiger charge is 2.44. The molecular weight excluding hydrogens is 517 g/mol. The van der Waals surface area contributed by atoms with Gasteiger partial charge in [0, 0.05) is 28.8 Å². The molecule has 1 fully saturated rings. The highest BCUT2D eigenvalue weighted by Crippen LogP contribution is 2.35. The number of carbonyl (C=O) groups excluding carboxylic acids is 1. The van der Waals surface area contributed by atoms with Crippen LogP contribution < -0.4 is 15.4 Å². The zero-order chi connectivity index (χ0) is 28.4. The van der Waals surface area contributed by atoms with Gasteiger partial charge in [-0.25, -0.2) is 9.37 Å². The fourth-order valence-corrected chi connectivity index (χ4v) is 4.22. The van der Waals surface area contributed by atoms with Crippen molar-refractivity contribution in [3.8, 4) is 23.1 Å². The molecule has 0 unspecified atom stereocenters. The van der Waals surface area contributed by atoms with Crippen molar-refractivity contribution >= 4 is 28.8 Å². The van der Waals surface area contributed by atoms with E-state index in [2.05, 4.69) is 34.8 Å². The Morgan fingerprint density at radius 2 is 2.13 bits per heavy atom. The molecule has 0 bridgehead atoms. The van der Waals surface area contributed by atoms with E-state index in [0.29, 0.717) is 59.2 Å². The first-order valence-electron chi connectivity index (χ1n) is 12.6. The summed E-state index contributed by atoms with van der Waals surface area (Å²) in [5.74, 6) is 0.519. The first-order valence-corrected chi connectivity index (χ1v) is 13.0. The number of nitrogens with one attached hydrogen (secondary N) is 2. The normalized spacial score (nSPS) is 14.4. The lowest BCUT2D eigenvalue weighted by molar-refractivity contribution is 0.0941. The Morgan fingerprint density at radius 1 is 1.38 bits per heavy atom. The van der Waals surface area contributed by atoms with Crippen molar-refractivity contribution in [2.75, 3.05) is 11.9 Å². The molecule has 2 N–H and O–H groups in total. The second-order valence-electron chi connectivity index (χ2n) is 10.3. The summed E-state index contributed by atoms with van der Waals surface area (Å²) in [6.45, 7) is 12.8. The van der Waals surface area contributed by atoms with Gasteiger partial charge in [0.1, 0.15) is 22.7 Å². The number of amides is 1. The van der Waals surface area contributed by atoms with Gasteiger partial charge in [0.2, 0.25) is 0 Å². The third-order valence-corrected chi connectivity index (χ3v) is 6.71. The minimum Gasteiger partial charge on any atom is -0.456 e. The van der Waals surface area contributed by atoms with Gasteiger partial charge in [-0.15, -0.1) is 0 Å². The number of nitriles is 1. The number of allylic oxidation sites excluding steroid dienone is 3. The number of aromatic nitrogens is 2. The van der Waals surface area contributed by atoms with Crippen LogP contribution in [0.15, 0.2) is 72.8 Å². The van der Waals surface area contributed by atoms with Crippen LogP contribution in [0.3, 0.4) is 0 Å². The third kappa shape index (κ3) is 6.68. The van der Waals surface area contributed by atoms with Crippen LogP contribution in [0.4, 0.5) is 10.1 Å². The summed E-state index contributed by atoms with van der Waals surface area (Å²) in [5.41, 5.74) is 2.10. The van der Waals surface area contributed by atoms with Gasteiger partial charge >= 0.3 is 0 Å². The molecule has 1 aliphatic carbocycles. The van der Waals surface area contributed by atoms with Gasteiger partial charge in [0.05, 0.1) is 29.8 Å². The molecule has 1 saturated carbocycles. The maximum Gasteiger partial charge on any atom is 0.252 e. The topological polar surface area (TPSA) is 91.4 Å². The predicted octanol–water partition coefficient (Wildman–Crippen LogP) is 6.85. The Balaban J connectivity index is 1.69. The number of imidazole rings is 1. The van der Waals surface area contributed by atoms with E-state index in [0.717, 1.165) is 16.8 Å². The molecular formula is C30H31ClFN5O2. The fraction of sp³-hybridized carbons (Fsp3) is 0.300. The lowest BCUT2D eigenvalue weighted by atomic mass is 10.0. The minimum absolute atomic E-state index is 0.265. The van der Waals surface area contributed by atoms with Gasteiger partial charge in [0.15, 0.2) is 5.65 Å². The molecule has 39 heavy (non-hydrogen) atoms. The van der Waals surface area contributed by atoms with Crippen LogP contribution in [-0.2, 0) is 0 Å². The van der Waals surface area contributed by atoms with Crippen molar-refractivity contribution in [3.05, 3.63) is 83.9 Å². The van der Waals surface area contributed by atoms with Crippen LogP contribution in [0.5, 0.6) is 5.75 Å².